The lowest BCUT2D eigenvalue weighted by Crippen LogP contribution is -2.57. The van der Waals surface area contributed by atoms with E-state index in [1.807, 2.05) is 6.26 Å². The molecule has 11 N–H and O–H groups in total. The van der Waals surface area contributed by atoms with Gasteiger partial charge in [-0.2, -0.15) is 11.8 Å². The second-order valence-corrected chi connectivity index (χ2v) is 9.97. The van der Waals surface area contributed by atoms with Crippen LogP contribution in [0.2, 0.25) is 0 Å². The summed E-state index contributed by atoms with van der Waals surface area (Å²) in [5.74, 6) is -4.12. The summed E-state index contributed by atoms with van der Waals surface area (Å²) in [6, 6.07) is 4.16. The third kappa shape index (κ3) is 13.8. The number of nitrogens with one attached hydrogen (secondary N) is 3. The highest BCUT2D eigenvalue weighted by Crippen LogP contribution is 2.08. The molecule has 0 fully saturated rings. The fourth-order valence-electron chi connectivity index (χ4n) is 3.56. The number of rotatable bonds is 19. The number of aliphatic carboxylic acids is 2. The van der Waals surface area contributed by atoms with Crippen LogP contribution in [-0.2, 0) is 30.4 Å². The second kappa shape index (κ2) is 18.4. The summed E-state index contributed by atoms with van der Waals surface area (Å²) < 4.78 is 0. The molecule has 222 valence electrons. The van der Waals surface area contributed by atoms with Gasteiger partial charge in [0, 0.05) is 19.4 Å². The molecule has 0 saturated heterocycles. The summed E-state index contributed by atoms with van der Waals surface area (Å²) >= 11 is 1.43. The van der Waals surface area contributed by atoms with Crippen LogP contribution in [0, 0.1) is 0 Å². The van der Waals surface area contributed by atoms with E-state index in [-0.39, 0.29) is 51.0 Å². The molecule has 0 bridgehead atoms. The van der Waals surface area contributed by atoms with E-state index >= 15 is 0 Å². The highest BCUT2D eigenvalue weighted by Gasteiger charge is 2.30. The van der Waals surface area contributed by atoms with E-state index in [2.05, 4.69) is 20.9 Å². The molecular weight excluding hydrogens is 542 g/mol. The quantitative estimate of drug-likeness (QED) is 0.0545. The predicted molar refractivity (Wildman–Crippen MR) is 151 cm³/mol. The molecule has 0 aliphatic rings. The lowest BCUT2D eigenvalue weighted by Gasteiger charge is -2.25. The van der Waals surface area contributed by atoms with Crippen LogP contribution in [0.5, 0.6) is 0 Å². The highest BCUT2D eigenvalue weighted by molar-refractivity contribution is 7.98. The maximum Gasteiger partial charge on any atom is 0.326 e. The first-order valence-corrected chi connectivity index (χ1v) is 14.0. The maximum atomic E-state index is 13.3. The van der Waals surface area contributed by atoms with Crippen molar-refractivity contribution in [2.45, 2.75) is 62.7 Å². The van der Waals surface area contributed by atoms with Crippen LogP contribution in [-0.4, -0.2) is 88.6 Å². The van der Waals surface area contributed by atoms with Gasteiger partial charge in [-0.15, -0.1) is 0 Å². The van der Waals surface area contributed by atoms with Crippen molar-refractivity contribution in [2.24, 2.45) is 22.2 Å². The smallest absolute Gasteiger partial charge is 0.326 e. The zero-order valence-corrected chi connectivity index (χ0v) is 23.2. The molecule has 0 spiro atoms. The molecule has 4 unspecified atom stereocenters. The van der Waals surface area contributed by atoms with Gasteiger partial charge in [-0.3, -0.25) is 24.2 Å². The third-order valence-electron chi connectivity index (χ3n) is 5.73. The zero-order valence-electron chi connectivity index (χ0n) is 22.4. The number of nitrogens with two attached hydrogens (primary N) is 3. The minimum Gasteiger partial charge on any atom is -0.481 e. The number of carbonyl (C=O) groups is 5. The number of carboxylic acid groups (broad SMARTS) is 2. The highest BCUT2D eigenvalue weighted by atomic mass is 32.2. The summed E-state index contributed by atoms with van der Waals surface area (Å²) in [6.07, 6.45) is 1.93. The molecule has 3 amide bonds. The van der Waals surface area contributed by atoms with E-state index in [0.29, 0.717) is 11.3 Å². The number of thioether (sulfide) groups is 1. The van der Waals surface area contributed by atoms with Gasteiger partial charge in [-0.05, 0) is 43.3 Å². The van der Waals surface area contributed by atoms with Crippen LogP contribution in [0.25, 0.3) is 0 Å². The molecule has 0 aliphatic heterocycles. The number of guanidine groups is 1. The molecule has 0 aromatic heterocycles. The molecule has 0 radical (unpaired) electrons. The summed E-state index contributed by atoms with van der Waals surface area (Å²) in [7, 11) is 0. The number of benzene rings is 1. The Hall–Kier alpha value is -3.85. The Morgan fingerprint density at radius 3 is 2.05 bits per heavy atom. The van der Waals surface area contributed by atoms with Gasteiger partial charge in [0.2, 0.25) is 17.7 Å². The summed E-state index contributed by atoms with van der Waals surface area (Å²) in [5, 5.41) is 26.0. The number of amides is 3. The van der Waals surface area contributed by atoms with Gasteiger partial charge in [-0.1, -0.05) is 30.3 Å². The first-order valence-electron chi connectivity index (χ1n) is 12.6. The van der Waals surface area contributed by atoms with Crippen molar-refractivity contribution in [3.05, 3.63) is 35.9 Å². The van der Waals surface area contributed by atoms with E-state index < -0.39 is 53.8 Å². The molecule has 15 heteroatoms. The van der Waals surface area contributed by atoms with Crippen LogP contribution in [0.1, 0.15) is 37.7 Å². The zero-order chi connectivity index (χ0) is 30.1. The standard InChI is InChI=1S/C25H39N7O7S/c1-40-13-11-18(24(38)39)31-23(37)19(14-15-6-3-2-4-7-15)32-22(36)17(8-5-12-29-25(27)28)30-21(35)16(26)9-10-20(33)34/h2-4,6-7,16-19H,5,8-14,26H2,1H3,(H,30,35)(H,31,37)(H,32,36)(H,33,34)(H,38,39)(H4,27,28,29). The average Bonchev–Trinajstić information content (AvgIpc) is 2.90. The number of nitrogens with zero attached hydrogens (tertiary/aromatic N) is 1. The van der Waals surface area contributed by atoms with Crippen LogP contribution in [0.15, 0.2) is 35.3 Å². The first-order chi connectivity index (χ1) is 18.9. The first kappa shape index (κ1) is 34.2. The Balaban J connectivity index is 3.13. The van der Waals surface area contributed by atoms with Crippen molar-refractivity contribution in [3.8, 4) is 0 Å². The van der Waals surface area contributed by atoms with Gasteiger partial charge < -0.3 is 43.4 Å². The monoisotopic (exact) mass is 581 g/mol. The fraction of sp³-hybridized carbons (Fsp3) is 0.520. The molecular formula is C25H39N7O7S. The normalized spacial score (nSPS) is 13.7. The van der Waals surface area contributed by atoms with E-state index in [1.165, 1.54) is 11.8 Å². The number of aliphatic imine (C=N–C) groups is 1. The van der Waals surface area contributed by atoms with Crippen molar-refractivity contribution < 1.29 is 34.2 Å². The number of hydrogen-bond acceptors (Lipinski definition) is 8. The van der Waals surface area contributed by atoms with E-state index in [4.69, 9.17) is 22.3 Å². The van der Waals surface area contributed by atoms with Crippen LogP contribution < -0.4 is 33.2 Å². The Morgan fingerprint density at radius 2 is 1.48 bits per heavy atom. The average molecular weight is 582 g/mol. The summed E-state index contributed by atoms with van der Waals surface area (Å²) in [4.78, 5) is 65.5. The molecule has 0 aliphatic carbocycles. The van der Waals surface area contributed by atoms with Crippen molar-refractivity contribution in [2.75, 3.05) is 18.6 Å². The van der Waals surface area contributed by atoms with Gasteiger partial charge in [0.05, 0.1) is 6.04 Å². The molecule has 14 nitrogen and oxygen atoms in total. The van der Waals surface area contributed by atoms with Crippen LogP contribution >= 0.6 is 11.8 Å². The van der Waals surface area contributed by atoms with Crippen molar-refractivity contribution in [1.82, 2.24) is 16.0 Å². The third-order valence-corrected chi connectivity index (χ3v) is 6.37. The maximum absolute atomic E-state index is 13.3. The number of carbonyl (C=O) groups excluding carboxylic acids is 3. The van der Waals surface area contributed by atoms with Gasteiger partial charge in [0.25, 0.3) is 0 Å². The fourth-order valence-corrected chi connectivity index (χ4v) is 4.03. The Morgan fingerprint density at radius 1 is 0.875 bits per heavy atom. The number of hydrogen-bond donors (Lipinski definition) is 8. The van der Waals surface area contributed by atoms with Crippen molar-refractivity contribution in [1.29, 1.82) is 0 Å². The Bertz CT molecular complexity index is 1020. The molecule has 1 aromatic carbocycles. The van der Waals surface area contributed by atoms with Gasteiger partial charge >= 0.3 is 11.9 Å². The molecule has 4 atom stereocenters. The summed E-state index contributed by atoms with van der Waals surface area (Å²) in [5.41, 5.74) is 17.2. The topological polar surface area (TPSA) is 252 Å². The van der Waals surface area contributed by atoms with Crippen LogP contribution in [0.3, 0.4) is 0 Å². The molecule has 1 aromatic rings. The SMILES string of the molecule is CSCCC(NC(=O)C(Cc1ccccc1)NC(=O)C(CCCN=C(N)N)NC(=O)C(N)CCC(=O)O)C(=O)O. The van der Waals surface area contributed by atoms with Gasteiger partial charge in [0.1, 0.15) is 18.1 Å². The van der Waals surface area contributed by atoms with Gasteiger partial charge in [0.15, 0.2) is 5.96 Å². The lowest BCUT2D eigenvalue weighted by molar-refractivity contribution is -0.142. The van der Waals surface area contributed by atoms with E-state index in [9.17, 15) is 29.1 Å². The Kier molecular flexibility index (Phi) is 15.8. The largest absolute Gasteiger partial charge is 0.481 e. The number of carboxylic acids is 2. The minimum atomic E-state index is -1.20. The molecule has 0 heterocycles. The van der Waals surface area contributed by atoms with E-state index in [1.54, 1.807) is 30.3 Å². The molecule has 1 rings (SSSR count). The predicted octanol–water partition coefficient (Wildman–Crippen LogP) is -1.23. The van der Waals surface area contributed by atoms with Gasteiger partial charge in [-0.25, -0.2) is 4.79 Å². The van der Waals surface area contributed by atoms with Crippen LogP contribution in [0.4, 0.5) is 0 Å². The minimum absolute atomic E-state index is 0.0556. The Labute approximate surface area is 236 Å². The molecule has 0 saturated carbocycles. The molecule has 40 heavy (non-hydrogen) atoms. The van der Waals surface area contributed by atoms with E-state index in [0.717, 1.165) is 0 Å². The lowest BCUT2D eigenvalue weighted by atomic mass is 10.0. The van der Waals surface area contributed by atoms with Crippen molar-refractivity contribution in [3.63, 3.8) is 0 Å². The summed E-state index contributed by atoms with van der Waals surface area (Å²) in [6.45, 7) is 0.163. The van der Waals surface area contributed by atoms with Crippen molar-refractivity contribution >= 4 is 47.4 Å². The second-order valence-electron chi connectivity index (χ2n) is 8.98.